The summed E-state index contributed by atoms with van der Waals surface area (Å²) >= 11 is 0. The Morgan fingerprint density at radius 2 is 0.675 bits per heavy atom. The number of aliphatic carboxylic acids is 1. The number of ether oxygens (including phenoxy) is 19. The second-order valence-corrected chi connectivity index (χ2v) is 31.4. The maximum atomic E-state index is 12.8. The number of carbonyl (C=O) groups is 1. The number of aliphatic hydroxyl groups excluding tert-OH is 27. The Bertz CT molecular complexity index is 3020. The Balaban J connectivity index is 0.898. The van der Waals surface area contributed by atoms with E-state index >= 15 is 0 Å². The first-order valence-electron chi connectivity index (χ1n) is 38.5. The monoisotopic (exact) mass is 1720 g/mol. The zero-order valence-corrected chi connectivity index (χ0v) is 63.9. The lowest BCUT2D eigenvalue weighted by atomic mass is 9.88. The number of carboxylic acid groups (broad SMARTS) is 1. The van der Waals surface area contributed by atoms with Crippen LogP contribution in [0.3, 0.4) is 0 Å². The molecule has 51 atom stereocenters. The maximum absolute atomic E-state index is 12.8. The van der Waals surface area contributed by atoms with E-state index in [1.54, 1.807) is 13.8 Å². The van der Waals surface area contributed by atoms with E-state index < -0.39 is 390 Å². The van der Waals surface area contributed by atoms with Gasteiger partial charge in [-0.25, -0.2) is 4.79 Å². The molecule has 682 valence electrons. The van der Waals surface area contributed by atoms with Gasteiger partial charge in [0.05, 0.1) is 109 Å². The minimum Gasteiger partial charge on any atom is -0.477 e. The molecule has 30 N–H and O–H groups in total. The molecule has 0 bridgehead atoms. The largest absolute Gasteiger partial charge is 0.477 e. The molecule has 117 heavy (non-hydrogen) atoms. The molecule has 0 spiro atoms. The van der Waals surface area contributed by atoms with E-state index in [9.17, 15) is 148 Å². The Kier molecular flexibility index (Phi) is 34.2. The molecule has 10 aliphatic rings. The molecule has 49 nitrogen and oxygen atoms in total. The normalized spacial score (nSPS) is 52.1. The molecule has 10 fully saturated rings. The van der Waals surface area contributed by atoms with Crippen LogP contribution in [0.5, 0.6) is 0 Å². The van der Waals surface area contributed by atoms with Crippen LogP contribution in [0, 0.1) is 23.7 Å². The van der Waals surface area contributed by atoms with Crippen molar-refractivity contribution >= 4 is 5.97 Å². The van der Waals surface area contributed by atoms with E-state index in [2.05, 4.69) is 0 Å². The topological polar surface area (TPSA) is 785 Å². The summed E-state index contributed by atoms with van der Waals surface area (Å²) in [7, 11) is 0. The molecule has 0 aromatic rings. The number of hydrogen-bond acceptors (Lipinski definition) is 48. The predicted molar refractivity (Wildman–Crippen MR) is 365 cm³/mol. The van der Waals surface area contributed by atoms with E-state index in [0.717, 1.165) is 0 Å². The van der Waals surface area contributed by atoms with Crippen LogP contribution in [0.25, 0.3) is 0 Å². The van der Waals surface area contributed by atoms with Gasteiger partial charge in [-0.05, 0) is 6.92 Å². The van der Waals surface area contributed by atoms with E-state index in [1.165, 1.54) is 20.8 Å². The van der Waals surface area contributed by atoms with E-state index in [4.69, 9.17) is 95.7 Å². The first kappa shape index (κ1) is 96.8. The molecule has 0 amide bonds. The van der Waals surface area contributed by atoms with Crippen LogP contribution in [-0.2, 0) is 94.8 Å². The van der Waals surface area contributed by atoms with Crippen LogP contribution >= 0.6 is 0 Å². The van der Waals surface area contributed by atoms with Crippen molar-refractivity contribution in [2.24, 2.45) is 29.4 Å². The van der Waals surface area contributed by atoms with Crippen LogP contribution in [0.15, 0.2) is 0 Å². The van der Waals surface area contributed by atoms with Crippen molar-refractivity contribution in [3.05, 3.63) is 0 Å². The minimum absolute atomic E-state index is 0.554. The van der Waals surface area contributed by atoms with Gasteiger partial charge in [0, 0.05) is 30.1 Å². The lowest BCUT2D eigenvalue weighted by molar-refractivity contribution is -0.402. The number of hydrogen-bond donors (Lipinski definition) is 29. The molecule has 0 saturated carbocycles. The first-order chi connectivity index (χ1) is 55.3. The summed E-state index contributed by atoms with van der Waals surface area (Å²) in [4.78, 5) is 12.8. The van der Waals surface area contributed by atoms with E-state index in [-0.39, 0.29) is 0 Å². The molecule has 10 heterocycles. The zero-order chi connectivity index (χ0) is 86.2. The van der Waals surface area contributed by atoms with Gasteiger partial charge in [0.1, 0.15) is 189 Å². The van der Waals surface area contributed by atoms with Gasteiger partial charge < -0.3 is 239 Å². The molecule has 22 unspecified atom stereocenters. The number of aliphatic hydroxyl groups is 27. The smallest absolute Gasteiger partial charge is 0.364 e. The van der Waals surface area contributed by atoms with Gasteiger partial charge in [-0.1, -0.05) is 27.7 Å². The number of nitrogens with two attached hydrogens (primary N) is 1. The summed E-state index contributed by atoms with van der Waals surface area (Å²) in [5, 5.41) is 309. The average Bonchev–Trinajstić information content (AvgIpc) is 0.771. The third kappa shape index (κ3) is 20.2. The average molecular weight is 1720 g/mol. The van der Waals surface area contributed by atoms with E-state index in [0.29, 0.717) is 0 Å². The summed E-state index contributed by atoms with van der Waals surface area (Å²) in [6.45, 7) is -2.69. The first-order valence-corrected chi connectivity index (χ1v) is 38.5. The summed E-state index contributed by atoms with van der Waals surface area (Å²) in [6, 6.07) is -1.57. The van der Waals surface area contributed by atoms with Gasteiger partial charge in [0.25, 0.3) is 5.79 Å². The van der Waals surface area contributed by atoms with Crippen molar-refractivity contribution in [2.45, 2.75) is 329 Å². The van der Waals surface area contributed by atoms with Crippen LogP contribution < -0.4 is 5.73 Å². The highest BCUT2D eigenvalue weighted by molar-refractivity contribution is 5.76. The van der Waals surface area contributed by atoms with Crippen LogP contribution in [0.2, 0.25) is 0 Å². The van der Waals surface area contributed by atoms with E-state index in [1.807, 2.05) is 0 Å². The standard InChI is InChI=1S/C68H117NO48/c1-17-21(5)101-27(11-74)51(34(17)80)110-59-18(2)35(81)54(30(14-77)105-59)113-64-50(96)56(43(89)31(108-64)15-99-65-57(46(92)40(86)25(9-72)103-65)115-60-19(3)36(82)52(28(12-75)106-60)111-62-48(94)44(90)39(85)24(8-71)102-62)114-66-58(47(93)41(87)26(10-73)104-66)116-61-20(4)37(83)53(29(13-76)107-61)112-63-49(95)45(91)42(88)32(109-63)16-100-68(67(97)98)6-22(78)33(69)55(117-68)38(84)23(79)7-70/h17-66,70-96H,6-16,69H2,1-5H3,(H,97,98)/t17-,18+,19?,20+,21+,22-,23?,24?,25?,26-,27?,28+,29?,30?,31?,32?,33-,34?,35?,36?,37?,38?,39+,40-,41-,42+,43-,44+,45?,46?,47?,48?,49+,50-,51-,52-,53-,54-,55?,56?,57-,58?,59+,60+,61+,62?,63+,64+,65+,66-,68-/m1/s1. The summed E-state index contributed by atoms with van der Waals surface area (Å²) < 4.78 is 114. The molecular weight excluding hydrogens is 1600 g/mol. The molecule has 10 rings (SSSR count). The Labute approximate surface area is 666 Å². The maximum Gasteiger partial charge on any atom is 0.364 e. The molecule has 0 aliphatic carbocycles. The van der Waals surface area contributed by atoms with Crippen molar-refractivity contribution < 1.29 is 238 Å². The minimum atomic E-state index is -2.95. The highest BCUT2D eigenvalue weighted by atomic mass is 16.8. The number of rotatable bonds is 31. The second kappa shape index (κ2) is 41.4. The summed E-state index contributed by atoms with van der Waals surface area (Å²) in [6.07, 6.45) is -85.7. The molecule has 10 saturated heterocycles. The van der Waals surface area contributed by atoms with Crippen molar-refractivity contribution in [3.8, 4) is 0 Å². The van der Waals surface area contributed by atoms with Crippen molar-refractivity contribution in [3.63, 3.8) is 0 Å². The lowest BCUT2D eigenvalue weighted by Crippen LogP contribution is -2.68. The van der Waals surface area contributed by atoms with Gasteiger partial charge >= 0.3 is 5.97 Å². The molecule has 10 aliphatic heterocycles. The molecule has 0 aromatic carbocycles. The van der Waals surface area contributed by atoms with Crippen LogP contribution in [0.1, 0.15) is 41.0 Å². The molecule has 0 radical (unpaired) electrons. The SMILES string of the molecule is CC1C(O)[C@H](OC2OC(CO)[C@H](O)[C@H](O)C2O)[C@H](CO)O[C@H]1O[C@@H]1C(O)[C@H](O)C(CO)O[C@@H]1OCC1O[C@@H](O[C@@H]2C(CO)O[C@@H](O[C@@H]3C(CO)O[C@@H](C)[C@@H](C)C3O)[C@@H](C)C2O)[C@H](O)C(O[C@H]2O[C@H](CO)[C@@H](O)C(O)C2O[C@@H]2OC(CO)[C@@H](O[C@@H]3OC(CO[C@]4(C(=O)O)C[C@@H](O)[C@@H](N)C(C(O)C(O)CO)O4)[C@H](O)C(O)[C@@H]3O)C(O)[C@@H]2C)[C@@H]1O. The third-order valence-corrected chi connectivity index (χ3v) is 23.7. The number of carboxylic acids is 1. The summed E-state index contributed by atoms with van der Waals surface area (Å²) in [5.74, 6) is -9.45. The fourth-order valence-corrected chi connectivity index (χ4v) is 15.9. The Hall–Kier alpha value is -2.41. The molecular formula is C68H117NO48. The lowest BCUT2D eigenvalue weighted by Gasteiger charge is -2.51. The zero-order valence-electron chi connectivity index (χ0n) is 63.9. The van der Waals surface area contributed by atoms with Crippen LogP contribution in [0.4, 0.5) is 0 Å². The third-order valence-electron chi connectivity index (χ3n) is 23.7. The fraction of sp³-hybridized carbons (Fsp3) is 0.985. The van der Waals surface area contributed by atoms with Gasteiger partial charge in [0.15, 0.2) is 50.3 Å². The quantitative estimate of drug-likeness (QED) is 0.0306. The highest BCUT2D eigenvalue weighted by Gasteiger charge is 2.62. The van der Waals surface area contributed by atoms with Crippen molar-refractivity contribution in [1.82, 2.24) is 0 Å². The Morgan fingerprint density at radius 1 is 0.350 bits per heavy atom. The van der Waals surface area contributed by atoms with Crippen molar-refractivity contribution in [1.29, 1.82) is 0 Å². The van der Waals surface area contributed by atoms with Gasteiger partial charge in [-0.2, -0.15) is 0 Å². The van der Waals surface area contributed by atoms with Crippen molar-refractivity contribution in [2.75, 3.05) is 66.1 Å². The molecule has 0 aromatic heterocycles. The fourth-order valence-electron chi connectivity index (χ4n) is 15.9. The van der Waals surface area contributed by atoms with Gasteiger partial charge in [0.2, 0.25) is 0 Å². The Morgan fingerprint density at radius 3 is 1.09 bits per heavy atom. The predicted octanol–water partition coefficient (Wildman–Crippen LogP) is -17.5. The highest BCUT2D eigenvalue weighted by Crippen LogP contribution is 2.43. The summed E-state index contributed by atoms with van der Waals surface area (Å²) in [5.41, 5.74) is 5.96. The van der Waals surface area contributed by atoms with Gasteiger partial charge in [-0.15, -0.1) is 0 Å². The second-order valence-electron chi connectivity index (χ2n) is 31.4. The van der Waals surface area contributed by atoms with Gasteiger partial charge in [-0.3, -0.25) is 0 Å². The van der Waals surface area contributed by atoms with Crippen LogP contribution in [-0.4, -0.2) is 503 Å². The molecule has 49 heteroatoms.